The van der Waals surface area contributed by atoms with E-state index in [1.807, 2.05) is 31.2 Å². The molecule has 2 aromatic rings. The number of benzene rings is 2. The van der Waals surface area contributed by atoms with E-state index in [4.69, 9.17) is 10.5 Å². The Hall–Kier alpha value is -2.07. The van der Waals surface area contributed by atoms with Crippen molar-refractivity contribution in [1.82, 2.24) is 0 Å². The van der Waals surface area contributed by atoms with Crippen LogP contribution in [-0.2, 0) is 0 Å². The Morgan fingerprint density at radius 3 is 2.68 bits per heavy atom. The van der Waals surface area contributed by atoms with Crippen molar-refractivity contribution in [2.45, 2.75) is 19.4 Å². The molecule has 0 saturated heterocycles. The molecule has 0 heterocycles. The minimum atomic E-state index is -0.987. The number of nitrogens with two attached hydrogens (primary N) is 1. The normalized spacial score (nSPS) is 12.3. The second kappa shape index (κ2) is 5.71. The highest BCUT2D eigenvalue weighted by atomic mass is 16.5. The second-order valence-corrected chi connectivity index (χ2v) is 4.35. The van der Waals surface area contributed by atoms with E-state index in [9.17, 15) is 9.90 Å². The van der Waals surface area contributed by atoms with Gasteiger partial charge in [-0.3, -0.25) is 0 Å². The molecule has 0 aromatic heterocycles. The zero-order valence-corrected chi connectivity index (χ0v) is 10.8. The first kappa shape index (κ1) is 13.4. The molecule has 3 N–H and O–H groups in total. The van der Waals surface area contributed by atoms with Gasteiger partial charge in [0.2, 0.25) is 0 Å². The van der Waals surface area contributed by atoms with Crippen LogP contribution in [0.15, 0.2) is 36.4 Å². The average molecular weight is 259 g/mol. The third-order valence-electron chi connectivity index (χ3n) is 3.12. The maximum absolute atomic E-state index is 11.5. The van der Waals surface area contributed by atoms with Gasteiger partial charge in [-0.25, -0.2) is 4.79 Å². The molecule has 100 valence electrons. The monoisotopic (exact) mass is 259 g/mol. The van der Waals surface area contributed by atoms with E-state index >= 15 is 0 Å². The van der Waals surface area contributed by atoms with Crippen LogP contribution in [0.4, 0.5) is 0 Å². The lowest BCUT2D eigenvalue weighted by Crippen LogP contribution is -2.26. The van der Waals surface area contributed by atoms with Crippen molar-refractivity contribution < 1.29 is 14.6 Å². The third-order valence-corrected chi connectivity index (χ3v) is 3.12. The topological polar surface area (TPSA) is 72.5 Å². The summed E-state index contributed by atoms with van der Waals surface area (Å²) < 4.78 is 5.71. The van der Waals surface area contributed by atoms with Gasteiger partial charge in [0.25, 0.3) is 0 Å². The van der Waals surface area contributed by atoms with Crippen LogP contribution in [0.3, 0.4) is 0 Å². The summed E-state index contributed by atoms with van der Waals surface area (Å²) >= 11 is 0. The molecule has 0 aliphatic heterocycles. The summed E-state index contributed by atoms with van der Waals surface area (Å²) in [5, 5.41) is 11.0. The summed E-state index contributed by atoms with van der Waals surface area (Å²) in [6, 6.07) is 10.9. The van der Waals surface area contributed by atoms with Gasteiger partial charge in [-0.15, -0.1) is 0 Å². The molecular formula is C15H17NO3. The van der Waals surface area contributed by atoms with Crippen LogP contribution >= 0.6 is 0 Å². The molecule has 1 atom stereocenters. The Bertz CT molecular complexity index is 591. The Balaban J connectivity index is 2.54. The average Bonchev–Trinajstić information content (AvgIpc) is 2.43. The lowest BCUT2D eigenvalue weighted by Gasteiger charge is -2.18. The van der Waals surface area contributed by atoms with Crippen LogP contribution in [0, 0.1) is 0 Å². The van der Waals surface area contributed by atoms with Gasteiger partial charge in [-0.1, -0.05) is 37.3 Å². The van der Waals surface area contributed by atoms with Crippen LogP contribution in [0.25, 0.3) is 10.8 Å². The van der Waals surface area contributed by atoms with Gasteiger partial charge in [0, 0.05) is 6.54 Å². The molecule has 0 amide bonds. The highest BCUT2D eigenvalue weighted by molar-refractivity contribution is 6.06. The van der Waals surface area contributed by atoms with E-state index in [0.717, 1.165) is 11.8 Å². The molecule has 0 saturated carbocycles. The van der Waals surface area contributed by atoms with E-state index in [1.165, 1.54) is 0 Å². The predicted octanol–water partition coefficient (Wildman–Crippen LogP) is 2.65. The van der Waals surface area contributed by atoms with Gasteiger partial charge in [-0.2, -0.15) is 0 Å². The highest BCUT2D eigenvalue weighted by Gasteiger charge is 2.17. The lowest BCUT2D eigenvalue weighted by molar-refractivity contribution is 0.0691. The maximum atomic E-state index is 11.5. The summed E-state index contributed by atoms with van der Waals surface area (Å²) in [5.41, 5.74) is 5.80. The molecular weight excluding hydrogens is 242 g/mol. The summed E-state index contributed by atoms with van der Waals surface area (Å²) in [5.74, 6) is -0.609. The van der Waals surface area contributed by atoms with Crippen molar-refractivity contribution >= 4 is 16.7 Å². The number of rotatable bonds is 5. The van der Waals surface area contributed by atoms with E-state index in [2.05, 4.69) is 0 Å². The number of fused-ring (bicyclic) bond motifs is 1. The van der Waals surface area contributed by atoms with Gasteiger partial charge in [0.05, 0.1) is 0 Å². The minimum absolute atomic E-state index is 0.167. The third kappa shape index (κ3) is 2.69. The number of hydrogen-bond acceptors (Lipinski definition) is 3. The molecule has 0 fully saturated rings. The predicted molar refractivity (Wildman–Crippen MR) is 74.7 cm³/mol. The maximum Gasteiger partial charge on any atom is 0.340 e. The molecule has 4 heteroatoms. The standard InChI is InChI=1S/C15H17NO3/c1-2-11(9-16)19-13-8-7-10-5-3-4-6-12(10)14(13)15(17)18/h3-8,11H,2,9,16H2,1H3,(H,17,18)/t11-/m1/s1. The van der Waals surface area contributed by atoms with Gasteiger partial charge in [0.1, 0.15) is 17.4 Å². The number of carbonyl (C=O) groups is 1. The van der Waals surface area contributed by atoms with Crippen LogP contribution < -0.4 is 10.5 Å². The summed E-state index contributed by atoms with van der Waals surface area (Å²) in [7, 11) is 0. The van der Waals surface area contributed by atoms with Gasteiger partial charge in [-0.05, 0) is 23.3 Å². The first-order chi connectivity index (χ1) is 9.17. The van der Waals surface area contributed by atoms with Crippen molar-refractivity contribution in [3.63, 3.8) is 0 Å². The van der Waals surface area contributed by atoms with E-state index in [0.29, 0.717) is 17.7 Å². The minimum Gasteiger partial charge on any atom is -0.488 e. The lowest BCUT2D eigenvalue weighted by atomic mass is 10.0. The van der Waals surface area contributed by atoms with Crippen LogP contribution in [0.1, 0.15) is 23.7 Å². The van der Waals surface area contributed by atoms with Crippen LogP contribution in [0.2, 0.25) is 0 Å². The quantitative estimate of drug-likeness (QED) is 0.865. The zero-order valence-electron chi connectivity index (χ0n) is 10.8. The highest BCUT2D eigenvalue weighted by Crippen LogP contribution is 2.29. The Labute approximate surface area is 111 Å². The first-order valence-corrected chi connectivity index (χ1v) is 6.29. The van der Waals surface area contributed by atoms with Crippen molar-refractivity contribution in [3.8, 4) is 5.75 Å². The van der Waals surface area contributed by atoms with Crippen molar-refractivity contribution in [2.24, 2.45) is 5.73 Å². The molecule has 0 spiro atoms. The number of hydrogen-bond donors (Lipinski definition) is 2. The largest absolute Gasteiger partial charge is 0.488 e. The van der Waals surface area contributed by atoms with E-state index in [1.54, 1.807) is 12.1 Å². The van der Waals surface area contributed by atoms with Crippen LogP contribution in [-0.4, -0.2) is 23.7 Å². The number of aromatic carboxylic acids is 1. The fraction of sp³-hybridized carbons (Fsp3) is 0.267. The molecule has 2 aromatic carbocycles. The summed E-state index contributed by atoms with van der Waals surface area (Å²) in [6.07, 6.45) is 0.571. The Morgan fingerprint density at radius 1 is 1.32 bits per heavy atom. The van der Waals surface area contributed by atoms with Crippen molar-refractivity contribution in [2.75, 3.05) is 6.54 Å². The Morgan fingerprint density at radius 2 is 2.05 bits per heavy atom. The molecule has 0 bridgehead atoms. The van der Waals surface area contributed by atoms with Gasteiger partial charge in [0.15, 0.2) is 0 Å². The van der Waals surface area contributed by atoms with Crippen LogP contribution in [0.5, 0.6) is 5.75 Å². The fourth-order valence-corrected chi connectivity index (χ4v) is 2.05. The molecule has 0 unspecified atom stereocenters. The molecule has 4 nitrogen and oxygen atoms in total. The van der Waals surface area contributed by atoms with Crippen molar-refractivity contribution in [1.29, 1.82) is 0 Å². The number of ether oxygens (including phenoxy) is 1. The summed E-state index contributed by atoms with van der Waals surface area (Å²) in [6.45, 7) is 2.32. The number of carboxylic acid groups (broad SMARTS) is 1. The molecule has 0 radical (unpaired) electrons. The molecule has 0 aliphatic rings. The second-order valence-electron chi connectivity index (χ2n) is 4.35. The molecule has 19 heavy (non-hydrogen) atoms. The fourth-order valence-electron chi connectivity index (χ4n) is 2.05. The number of carboxylic acids is 1. The van der Waals surface area contributed by atoms with Crippen molar-refractivity contribution in [3.05, 3.63) is 42.0 Å². The summed E-state index contributed by atoms with van der Waals surface area (Å²) in [4.78, 5) is 11.5. The molecule has 2 rings (SSSR count). The van der Waals surface area contributed by atoms with Gasteiger partial charge >= 0.3 is 5.97 Å². The van der Waals surface area contributed by atoms with E-state index < -0.39 is 5.97 Å². The smallest absolute Gasteiger partial charge is 0.340 e. The SMILES string of the molecule is CC[C@H](CN)Oc1ccc2ccccc2c1C(=O)O. The molecule has 0 aliphatic carbocycles. The zero-order chi connectivity index (χ0) is 13.8. The first-order valence-electron chi connectivity index (χ1n) is 6.29. The van der Waals surface area contributed by atoms with Gasteiger partial charge < -0.3 is 15.6 Å². The Kier molecular flexibility index (Phi) is 4.02. The van der Waals surface area contributed by atoms with E-state index in [-0.39, 0.29) is 11.7 Å².